The van der Waals surface area contributed by atoms with Crippen molar-refractivity contribution in [2.45, 2.75) is 19.9 Å². The van der Waals surface area contributed by atoms with Crippen molar-refractivity contribution in [2.24, 2.45) is 4.99 Å². The molecule has 196 valence electrons. The van der Waals surface area contributed by atoms with E-state index in [0.29, 0.717) is 43.4 Å². The molecule has 0 fully saturated rings. The average molecular weight is 535 g/mol. The third-order valence-corrected chi connectivity index (χ3v) is 6.73. The van der Waals surface area contributed by atoms with Gasteiger partial charge < -0.3 is 18.9 Å². The number of hydrogen-bond acceptors (Lipinski definition) is 9. The lowest BCUT2D eigenvalue weighted by atomic mass is 9.96. The molecular weight excluding hydrogens is 508 g/mol. The van der Waals surface area contributed by atoms with E-state index in [1.807, 2.05) is 6.07 Å². The first-order valence-corrected chi connectivity index (χ1v) is 12.4. The van der Waals surface area contributed by atoms with Gasteiger partial charge in [0.05, 0.1) is 36.1 Å². The van der Waals surface area contributed by atoms with Crippen LogP contribution in [-0.2, 0) is 14.3 Å². The molecule has 1 atom stereocenters. The number of benzene rings is 2. The van der Waals surface area contributed by atoms with Crippen LogP contribution in [0.4, 0.5) is 0 Å². The van der Waals surface area contributed by atoms with Gasteiger partial charge in [0.1, 0.15) is 12.4 Å². The Balaban J connectivity index is 1.92. The van der Waals surface area contributed by atoms with Crippen molar-refractivity contribution < 1.29 is 28.5 Å². The van der Waals surface area contributed by atoms with Crippen LogP contribution < -0.4 is 29.1 Å². The topological polar surface area (TPSA) is 105 Å². The van der Waals surface area contributed by atoms with Gasteiger partial charge in [0.15, 0.2) is 16.3 Å². The monoisotopic (exact) mass is 534 g/mol. The van der Waals surface area contributed by atoms with E-state index in [9.17, 15) is 14.4 Å². The van der Waals surface area contributed by atoms with Crippen LogP contribution in [0.5, 0.6) is 17.2 Å². The van der Waals surface area contributed by atoms with Crippen molar-refractivity contribution in [3.8, 4) is 17.2 Å². The number of allylic oxidation sites excluding steroid dienone is 1. The van der Waals surface area contributed by atoms with Gasteiger partial charge in [-0.05, 0) is 36.8 Å². The molecule has 2 heterocycles. The van der Waals surface area contributed by atoms with Crippen LogP contribution in [0, 0.1) is 0 Å². The molecule has 3 aromatic rings. The van der Waals surface area contributed by atoms with Crippen LogP contribution >= 0.6 is 11.3 Å². The summed E-state index contributed by atoms with van der Waals surface area (Å²) in [5.74, 6) is 0.300. The second kappa shape index (κ2) is 11.3. The lowest BCUT2D eigenvalue weighted by molar-refractivity contribution is -0.138. The predicted molar refractivity (Wildman–Crippen MR) is 142 cm³/mol. The van der Waals surface area contributed by atoms with Crippen molar-refractivity contribution in [2.75, 3.05) is 20.8 Å². The lowest BCUT2D eigenvalue weighted by Crippen LogP contribution is -2.39. The fourth-order valence-electron chi connectivity index (χ4n) is 4.16. The summed E-state index contributed by atoms with van der Waals surface area (Å²) in [6.07, 6.45) is 3.18. The molecule has 0 amide bonds. The van der Waals surface area contributed by atoms with E-state index in [-0.39, 0.29) is 17.7 Å². The molecule has 1 aliphatic rings. The first-order valence-electron chi connectivity index (χ1n) is 11.6. The largest absolute Gasteiger partial charge is 0.493 e. The first kappa shape index (κ1) is 26.6. The van der Waals surface area contributed by atoms with Gasteiger partial charge in [-0.25, -0.2) is 9.79 Å². The summed E-state index contributed by atoms with van der Waals surface area (Å²) in [5.41, 5.74) is 1.59. The van der Waals surface area contributed by atoms with Crippen molar-refractivity contribution >= 4 is 29.4 Å². The predicted octanol–water partition coefficient (Wildman–Crippen LogP) is 2.91. The SMILES string of the molecule is C=CCOC(=O)C1=C(C)N=c2s/c(=C\c3cccc(OC)c3OC)c(=O)n2C1c1ccc(OC(C)=O)cc1. The Morgan fingerprint density at radius 1 is 1.13 bits per heavy atom. The lowest BCUT2D eigenvalue weighted by Gasteiger charge is -2.24. The van der Waals surface area contributed by atoms with E-state index >= 15 is 0 Å². The minimum Gasteiger partial charge on any atom is -0.493 e. The van der Waals surface area contributed by atoms with E-state index in [1.165, 1.54) is 43.1 Å². The highest BCUT2D eigenvalue weighted by atomic mass is 32.1. The molecule has 1 unspecified atom stereocenters. The molecule has 0 spiro atoms. The Morgan fingerprint density at radius 3 is 2.50 bits per heavy atom. The molecule has 0 radical (unpaired) electrons. The normalized spacial score (nSPS) is 14.8. The van der Waals surface area contributed by atoms with Gasteiger partial charge in [0.25, 0.3) is 5.56 Å². The van der Waals surface area contributed by atoms with Crippen LogP contribution in [0.1, 0.15) is 31.0 Å². The summed E-state index contributed by atoms with van der Waals surface area (Å²) in [5, 5.41) is 0. The number of fused-ring (bicyclic) bond motifs is 1. The van der Waals surface area contributed by atoms with Gasteiger partial charge in [-0.15, -0.1) is 0 Å². The molecule has 0 aliphatic carbocycles. The number of thiazole rings is 1. The zero-order chi connectivity index (χ0) is 27.4. The third kappa shape index (κ3) is 5.16. The Morgan fingerprint density at radius 2 is 1.87 bits per heavy atom. The molecule has 1 aliphatic heterocycles. The number of methoxy groups -OCH3 is 2. The Kier molecular flexibility index (Phi) is 7.92. The number of nitrogens with zero attached hydrogens (tertiary/aromatic N) is 2. The second-order valence-corrected chi connectivity index (χ2v) is 9.22. The highest BCUT2D eigenvalue weighted by Gasteiger charge is 2.33. The van der Waals surface area contributed by atoms with E-state index < -0.39 is 18.0 Å². The first-order chi connectivity index (χ1) is 18.3. The number of hydrogen-bond donors (Lipinski definition) is 0. The zero-order valence-corrected chi connectivity index (χ0v) is 22.2. The van der Waals surface area contributed by atoms with Gasteiger partial charge in [0, 0.05) is 12.5 Å². The maximum absolute atomic E-state index is 13.8. The Hall–Kier alpha value is -4.44. The zero-order valence-electron chi connectivity index (χ0n) is 21.3. The standard InChI is InChI=1S/C28H26N2O7S/c1-6-14-36-27(33)23-16(2)29-28-30(24(23)18-10-12-20(13-11-18)37-17(3)31)26(32)22(38-28)15-19-8-7-9-21(34-4)25(19)35-5/h6-13,15,24H,1,14H2,2-5H3/b22-15-. The van der Waals surface area contributed by atoms with Crippen molar-refractivity contribution in [3.63, 3.8) is 0 Å². The fraction of sp³-hybridized carbons (Fsp3) is 0.214. The van der Waals surface area contributed by atoms with Crippen LogP contribution in [0.2, 0.25) is 0 Å². The van der Waals surface area contributed by atoms with E-state index in [2.05, 4.69) is 11.6 Å². The number of esters is 2. The van der Waals surface area contributed by atoms with E-state index in [0.717, 1.165) is 0 Å². The molecule has 0 saturated carbocycles. The Labute approximate surface area is 222 Å². The summed E-state index contributed by atoms with van der Waals surface area (Å²) >= 11 is 1.19. The van der Waals surface area contributed by atoms with Crippen molar-refractivity contribution in [1.29, 1.82) is 0 Å². The molecule has 9 nitrogen and oxygen atoms in total. The number of rotatable bonds is 8. The molecule has 2 aromatic carbocycles. The summed E-state index contributed by atoms with van der Waals surface area (Å²) in [4.78, 5) is 43.3. The number of ether oxygens (including phenoxy) is 4. The fourth-order valence-corrected chi connectivity index (χ4v) is 5.20. The molecular formula is C28H26N2O7S. The number of aromatic nitrogens is 1. The van der Waals surface area contributed by atoms with Gasteiger partial charge >= 0.3 is 11.9 Å². The molecule has 4 rings (SSSR count). The maximum atomic E-state index is 13.8. The van der Waals surface area contributed by atoms with E-state index in [1.54, 1.807) is 49.4 Å². The van der Waals surface area contributed by atoms with Crippen molar-refractivity contribution in [3.05, 3.63) is 97.2 Å². The van der Waals surface area contributed by atoms with Crippen molar-refractivity contribution in [1.82, 2.24) is 4.57 Å². The molecule has 1 aromatic heterocycles. The highest BCUT2D eigenvalue weighted by Crippen LogP contribution is 2.33. The second-order valence-electron chi connectivity index (χ2n) is 8.21. The molecule has 0 bridgehead atoms. The summed E-state index contributed by atoms with van der Waals surface area (Å²) in [6, 6.07) is 11.2. The molecule has 0 N–H and O–H groups in total. The summed E-state index contributed by atoms with van der Waals surface area (Å²) in [6.45, 7) is 6.61. The summed E-state index contributed by atoms with van der Waals surface area (Å²) < 4.78 is 23.3. The van der Waals surface area contributed by atoms with Crippen LogP contribution in [-0.4, -0.2) is 37.3 Å². The number of carbonyl (C=O) groups excluding carboxylic acids is 2. The van der Waals surface area contributed by atoms with Gasteiger partial charge in [0.2, 0.25) is 0 Å². The minimum absolute atomic E-state index is 0.00772. The minimum atomic E-state index is -0.815. The van der Waals surface area contributed by atoms with Crippen LogP contribution in [0.25, 0.3) is 6.08 Å². The number of para-hydroxylation sites is 1. The summed E-state index contributed by atoms with van der Waals surface area (Å²) in [7, 11) is 3.07. The van der Waals surface area contributed by atoms with Gasteiger partial charge in [-0.3, -0.25) is 14.2 Å². The highest BCUT2D eigenvalue weighted by molar-refractivity contribution is 7.07. The Bertz CT molecular complexity index is 1610. The number of carbonyl (C=O) groups is 2. The van der Waals surface area contributed by atoms with Crippen LogP contribution in [0.3, 0.4) is 0 Å². The quantitative estimate of drug-likeness (QED) is 0.249. The molecule has 38 heavy (non-hydrogen) atoms. The third-order valence-electron chi connectivity index (χ3n) is 5.75. The molecule has 0 saturated heterocycles. The maximum Gasteiger partial charge on any atom is 0.338 e. The van der Waals surface area contributed by atoms with Gasteiger partial charge in [-0.2, -0.15) is 0 Å². The van der Waals surface area contributed by atoms with E-state index in [4.69, 9.17) is 18.9 Å². The average Bonchev–Trinajstić information content (AvgIpc) is 3.20. The smallest absolute Gasteiger partial charge is 0.338 e. The van der Waals surface area contributed by atoms with Gasteiger partial charge in [-0.1, -0.05) is 48.3 Å². The molecule has 10 heteroatoms. The van der Waals surface area contributed by atoms with Crippen LogP contribution in [0.15, 0.2) is 76.2 Å².